The van der Waals surface area contributed by atoms with E-state index < -0.39 is 0 Å². The lowest BCUT2D eigenvalue weighted by Gasteiger charge is -2.08. The summed E-state index contributed by atoms with van der Waals surface area (Å²) in [6.45, 7) is 2.26. The number of aryl methyl sites for hydroxylation is 1. The second-order valence-corrected chi connectivity index (χ2v) is 7.51. The van der Waals surface area contributed by atoms with E-state index in [0.29, 0.717) is 29.1 Å². The number of hydrogen-bond donors (Lipinski definition) is 1. The van der Waals surface area contributed by atoms with Crippen LogP contribution in [-0.4, -0.2) is 40.1 Å². The van der Waals surface area contributed by atoms with Gasteiger partial charge in [0.2, 0.25) is 5.16 Å². The minimum atomic E-state index is -0.131. The summed E-state index contributed by atoms with van der Waals surface area (Å²) in [5.74, 6) is 8.45. The maximum absolute atomic E-state index is 12.3. The topological polar surface area (TPSA) is 92.3 Å². The Balaban J connectivity index is 1.56. The van der Waals surface area contributed by atoms with Gasteiger partial charge in [-0.1, -0.05) is 48.2 Å². The van der Waals surface area contributed by atoms with Crippen molar-refractivity contribution in [1.29, 1.82) is 0 Å². The molecule has 7 nitrogen and oxygen atoms in total. The van der Waals surface area contributed by atoms with Gasteiger partial charge >= 0.3 is 0 Å². The van der Waals surface area contributed by atoms with Gasteiger partial charge in [-0.25, -0.2) is 4.68 Å². The van der Waals surface area contributed by atoms with Crippen LogP contribution < -0.4 is 15.3 Å². The lowest BCUT2D eigenvalue weighted by molar-refractivity contribution is -0.110. The number of methoxy groups -OCH3 is 1. The highest BCUT2D eigenvalue weighted by Gasteiger charge is 2.07. The Morgan fingerprint density at radius 3 is 2.26 bits per heavy atom. The van der Waals surface area contributed by atoms with Gasteiger partial charge in [-0.3, -0.25) is 4.79 Å². The molecule has 0 aliphatic rings. The Morgan fingerprint density at radius 2 is 1.65 bits per heavy atom. The molecule has 0 aliphatic heterocycles. The zero-order chi connectivity index (χ0) is 22.1. The maximum Gasteiger partial charge on any atom is 0.209 e. The molecule has 0 amide bonds. The third-order valence-corrected chi connectivity index (χ3v) is 5.23. The molecule has 1 aromatic heterocycles. The average molecular weight is 437 g/mol. The van der Waals surface area contributed by atoms with Gasteiger partial charge in [-0.2, -0.15) is 0 Å². The number of para-hydroxylation sites is 2. The van der Waals surface area contributed by atoms with Crippen molar-refractivity contribution in [2.45, 2.75) is 12.1 Å². The minimum Gasteiger partial charge on any atom is -0.496 e. The van der Waals surface area contributed by atoms with Gasteiger partial charge in [-0.15, -0.1) is 10.2 Å². The summed E-state index contributed by atoms with van der Waals surface area (Å²) in [4.78, 5) is 12.3. The van der Waals surface area contributed by atoms with E-state index in [4.69, 9.17) is 15.3 Å². The smallest absolute Gasteiger partial charge is 0.209 e. The maximum atomic E-state index is 12.3. The molecule has 1 heterocycles. The van der Waals surface area contributed by atoms with Crippen molar-refractivity contribution in [1.82, 2.24) is 14.9 Å². The Hall–Kier alpha value is -3.52. The van der Waals surface area contributed by atoms with E-state index in [1.54, 1.807) is 26.2 Å². The number of ketones is 1. The highest BCUT2D eigenvalue weighted by molar-refractivity contribution is 7.99. The molecular formula is C23H24N4O3S. The SMILES string of the molecule is COc1ccccc1C=CC(=O)C=Cc1ccccc1OCCSc1nnc(C)n1N. The van der Waals surface area contributed by atoms with Gasteiger partial charge in [0.25, 0.3) is 0 Å². The molecular weight excluding hydrogens is 412 g/mol. The van der Waals surface area contributed by atoms with Crippen LogP contribution in [-0.2, 0) is 4.79 Å². The van der Waals surface area contributed by atoms with E-state index in [1.807, 2.05) is 48.5 Å². The van der Waals surface area contributed by atoms with E-state index in [9.17, 15) is 4.79 Å². The molecule has 0 unspecified atom stereocenters. The number of ether oxygens (including phenoxy) is 2. The quantitative estimate of drug-likeness (QED) is 0.224. The predicted octanol–water partition coefficient (Wildman–Crippen LogP) is 3.78. The Labute approximate surface area is 185 Å². The molecule has 0 aliphatic carbocycles. The Morgan fingerprint density at radius 1 is 1.03 bits per heavy atom. The standard InChI is InChI=1S/C23H24N4O3S/c1-17-25-26-23(27(17)24)31-16-15-30-22-10-6-4-8-19(22)12-14-20(28)13-11-18-7-3-5-9-21(18)29-2/h3-14H,15-16,24H2,1-2H3. The Kier molecular flexibility index (Phi) is 7.89. The van der Waals surface area contributed by atoms with Crippen LogP contribution in [0.4, 0.5) is 0 Å². The molecule has 0 saturated carbocycles. The number of hydrogen-bond acceptors (Lipinski definition) is 7. The molecule has 160 valence electrons. The molecule has 2 aromatic carbocycles. The summed E-state index contributed by atoms with van der Waals surface area (Å²) in [7, 11) is 1.60. The van der Waals surface area contributed by atoms with Crippen LogP contribution in [0.3, 0.4) is 0 Å². The predicted molar refractivity (Wildman–Crippen MR) is 124 cm³/mol. The number of nitrogens with zero attached hydrogens (tertiary/aromatic N) is 3. The monoisotopic (exact) mass is 436 g/mol. The van der Waals surface area contributed by atoms with E-state index >= 15 is 0 Å². The first-order valence-electron chi connectivity index (χ1n) is 9.63. The number of nitrogen functional groups attached to an aromatic ring is 1. The van der Waals surface area contributed by atoms with Crippen LogP contribution in [0.15, 0.2) is 65.8 Å². The number of benzene rings is 2. The van der Waals surface area contributed by atoms with Crippen LogP contribution in [0.2, 0.25) is 0 Å². The van der Waals surface area contributed by atoms with Gasteiger partial charge < -0.3 is 15.3 Å². The van der Waals surface area contributed by atoms with E-state index in [1.165, 1.54) is 28.6 Å². The molecule has 31 heavy (non-hydrogen) atoms. The van der Waals surface area contributed by atoms with Gasteiger partial charge in [0.05, 0.1) is 13.7 Å². The molecule has 0 spiro atoms. The lowest BCUT2D eigenvalue weighted by atomic mass is 10.1. The number of carbonyl (C=O) groups is 1. The summed E-state index contributed by atoms with van der Waals surface area (Å²) in [6, 6.07) is 15.1. The van der Waals surface area contributed by atoms with Crippen molar-refractivity contribution < 1.29 is 14.3 Å². The third kappa shape index (κ3) is 6.23. The Bertz CT molecular complexity index is 1090. The van der Waals surface area contributed by atoms with Crippen LogP contribution in [0.25, 0.3) is 12.2 Å². The van der Waals surface area contributed by atoms with Gasteiger partial charge in [0, 0.05) is 16.9 Å². The molecule has 0 bridgehead atoms. The number of allylic oxidation sites excluding steroid dienone is 2. The fraction of sp³-hybridized carbons (Fsp3) is 0.174. The second kappa shape index (κ2) is 11.0. The molecule has 0 fully saturated rings. The molecule has 3 rings (SSSR count). The van der Waals surface area contributed by atoms with Gasteiger partial charge in [-0.05, 0) is 43.4 Å². The number of nitrogens with two attached hydrogens (primary N) is 1. The van der Waals surface area contributed by atoms with Crippen molar-refractivity contribution in [2.24, 2.45) is 0 Å². The summed E-state index contributed by atoms with van der Waals surface area (Å²) in [5, 5.41) is 8.57. The van der Waals surface area contributed by atoms with E-state index in [-0.39, 0.29) is 5.78 Å². The normalized spacial score (nSPS) is 11.3. The average Bonchev–Trinajstić information content (AvgIpc) is 3.12. The highest BCUT2D eigenvalue weighted by Crippen LogP contribution is 2.21. The number of aromatic nitrogens is 3. The fourth-order valence-corrected chi connectivity index (χ4v) is 3.41. The first-order chi connectivity index (χ1) is 15.1. The van der Waals surface area contributed by atoms with Crippen LogP contribution in [0.5, 0.6) is 11.5 Å². The summed E-state index contributed by atoms with van der Waals surface area (Å²) in [6.07, 6.45) is 6.52. The molecule has 8 heteroatoms. The minimum absolute atomic E-state index is 0.131. The first-order valence-corrected chi connectivity index (χ1v) is 10.6. The van der Waals surface area contributed by atoms with Crippen molar-refractivity contribution in [3.05, 3.63) is 77.6 Å². The third-order valence-electron chi connectivity index (χ3n) is 4.32. The summed E-state index contributed by atoms with van der Waals surface area (Å²) in [5.41, 5.74) is 1.67. The van der Waals surface area contributed by atoms with Crippen molar-refractivity contribution in [3.8, 4) is 11.5 Å². The molecule has 2 N–H and O–H groups in total. The molecule has 0 radical (unpaired) electrons. The first kappa shape index (κ1) is 22.2. The second-order valence-electron chi connectivity index (χ2n) is 6.45. The number of carbonyl (C=O) groups excluding carboxylic acids is 1. The number of rotatable bonds is 10. The van der Waals surface area contributed by atoms with Crippen molar-refractivity contribution >= 4 is 29.7 Å². The van der Waals surface area contributed by atoms with E-state index in [0.717, 1.165) is 16.9 Å². The highest BCUT2D eigenvalue weighted by atomic mass is 32.2. The molecule has 0 saturated heterocycles. The van der Waals surface area contributed by atoms with Gasteiger partial charge in [0.1, 0.15) is 17.3 Å². The van der Waals surface area contributed by atoms with Crippen LogP contribution in [0, 0.1) is 6.92 Å². The summed E-state index contributed by atoms with van der Waals surface area (Å²) < 4.78 is 12.6. The van der Waals surface area contributed by atoms with Crippen LogP contribution in [0.1, 0.15) is 17.0 Å². The molecule has 3 aromatic rings. The van der Waals surface area contributed by atoms with Crippen LogP contribution >= 0.6 is 11.8 Å². The van der Waals surface area contributed by atoms with Crippen molar-refractivity contribution in [2.75, 3.05) is 25.3 Å². The zero-order valence-electron chi connectivity index (χ0n) is 17.4. The largest absolute Gasteiger partial charge is 0.496 e. The lowest BCUT2D eigenvalue weighted by Crippen LogP contribution is -2.12. The zero-order valence-corrected chi connectivity index (χ0v) is 18.2. The summed E-state index contributed by atoms with van der Waals surface area (Å²) >= 11 is 1.47. The van der Waals surface area contributed by atoms with E-state index in [2.05, 4.69) is 10.2 Å². The fourth-order valence-electron chi connectivity index (χ4n) is 2.69. The molecule has 0 atom stereocenters. The number of thioether (sulfide) groups is 1. The van der Waals surface area contributed by atoms with Crippen molar-refractivity contribution in [3.63, 3.8) is 0 Å². The van der Waals surface area contributed by atoms with Gasteiger partial charge in [0.15, 0.2) is 5.78 Å².